The molecule has 0 aliphatic rings. The maximum atomic E-state index is 13.6. The maximum absolute atomic E-state index is 13.6. The van der Waals surface area contributed by atoms with Crippen LogP contribution in [0.25, 0.3) is 0 Å². The summed E-state index contributed by atoms with van der Waals surface area (Å²) in [7, 11) is 1.47. The molecule has 0 atom stereocenters. The molecule has 0 unspecified atom stereocenters. The van der Waals surface area contributed by atoms with E-state index in [1.165, 1.54) is 37.7 Å². The SMILES string of the molecule is COc1ccc(C=NN=Cc2ccc(F)cc2)c(F)c1. The lowest BCUT2D eigenvalue weighted by molar-refractivity contribution is 0.411. The molecule has 0 saturated carbocycles. The number of benzene rings is 2. The molecule has 5 heteroatoms. The van der Waals surface area contributed by atoms with Crippen molar-refractivity contribution in [3.05, 3.63) is 65.2 Å². The highest BCUT2D eigenvalue weighted by molar-refractivity contribution is 5.82. The van der Waals surface area contributed by atoms with Gasteiger partial charge < -0.3 is 4.74 Å². The van der Waals surface area contributed by atoms with E-state index in [0.29, 0.717) is 16.9 Å². The Balaban J connectivity index is 2.04. The molecule has 0 saturated heterocycles. The van der Waals surface area contributed by atoms with Crippen molar-refractivity contribution in [3.63, 3.8) is 0 Å². The Morgan fingerprint density at radius 2 is 1.65 bits per heavy atom. The van der Waals surface area contributed by atoms with Crippen LogP contribution in [0.2, 0.25) is 0 Å². The van der Waals surface area contributed by atoms with Gasteiger partial charge in [-0.05, 0) is 29.8 Å². The Bertz CT molecular complexity index is 637. The van der Waals surface area contributed by atoms with Crippen molar-refractivity contribution >= 4 is 12.4 Å². The van der Waals surface area contributed by atoms with Crippen molar-refractivity contribution in [1.82, 2.24) is 0 Å². The largest absolute Gasteiger partial charge is 0.497 e. The van der Waals surface area contributed by atoms with Gasteiger partial charge in [0, 0.05) is 11.6 Å². The van der Waals surface area contributed by atoms with Crippen LogP contribution in [-0.4, -0.2) is 19.5 Å². The van der Waals surface area contributed by atoms with E-state index in [1.54, 1.807) is 24.3 Å². The van der Waals surface area contributed by atoms with Crippen molar-refractivity contribution in [2.24, 2.45) is 10.2 Å². The van der Waals surface area contributed by atoms with Crippen molar-refractivity contribution in [1.29, 1.82) is 0 Å². The van der Waals surface area contributed by atoms with Crippen LogP contribution in [0.3, 0.4) is 0 Å². The maximum Gasteiger partial charge on any atom is 0.135 e. The van der Waals surface area contributed by atoms with Gasteiger partial charge in [-0.3, -0.25) is 0 Å². The third-order valence-electron chi connectivity index (χ3n) is 2.55. The molecule has 0 radical (unpaired) electrons. The number of halogens is 2. The topological polar surface area (TPSA) is 34.0 Å². The van der Waals surface area contributed by atoms with Crippen LogP contribution in [0.15, 0.2) is 52.7 Å². The molecular formula is C15H12F2N2O. The molecule has 0 aliphatic carbocycles. The zero-order valence-electron chi connectivity index (χ0n) is 10.8. The van der Waals surface area contributed by atoms with E-state index in [-0.39, 0.29) is 5.82 Å². The second kappa shape index (κ2) is 6.56. The Kier molecular flexibility index (Phi) is 4.55. The van der Waals surface area contributed by atoms with E-state index in [1.807, 2.05) is 0 Å². The monoisotopic (exact) mass is 274 g/mol. The Labute approximate surface area is 115 Å². The average molecular weight is 274 g/mol. The summed E-state index contributed by atoms with van der Waals surface area (Å²) in [5.74, 6) is -0.314. The predicted octanol–water partition coefficient (Wildman–Crippen LogP) is 3.43. The highest BCUT2D eigenvalue weighted by Gasteiger charge is 2.00. The summed E-state index contributed by atoms with van der Waals surface area (Å²) in [5, 5.41) is 7.52. The van der Waals surface area contributed by atoms with E-state index >= 15 is 0 Å². The third kappa shape index (κ3) is 3.71. The summed E-state index contributed by atoms with van der Waals surface area (Å²) < 4.78 is 31.1. The number of hydrogen-bond acceptors (Lipinski definition) is 3. The first kappa shape index (κ1) is 13.9. The highest BCUT2D eigenvalue weighted by Crippen LogP contribution is 2.14. The highest BCUT2D eigenvalue weighted by atomic mass is 19.1. The average Bonchev–Trinajstić information content (AvgIpc) is 2.46. The molecule has 20 heavy (non-hydrogen) atoms. The zero-order valence-corrected chi connectivity index (χ0v) is 10.8. The van der Waals surface area contributed by atoms with Gasteiger partial charge in [-0.1, -0.05) is 12.1 Å². The molecule has 0 aliphatic heterocycles. The van der Waals surface area contributed by atoms with Crippen LogP contribution >= 0.6 is 0 Å². The zero-order chi connectivity index (χ0) is 14.4. The van der Waals surface area contributed by atoms with Crippen LogP contribution in [0.5, 0.6) is 5.75 Å². The molecule has 0 amide bonds. The summed E-state index contributed by atoms with van der Waals surface area (Å²) in [5.41, 5.74) is 1.01. The fraction of sp³-hybridized carbons (Fsp3) is 0.0667. The van der Waals surface area contributed by atoms with Gasteiger partial charge >= 0.3 is 0 Å². The second-order valence-corrected chi connectivity index (χ2v) is 3.93. The van der Waals surface area contributed by atoms with Gasteiger partial charge in [0.2, 0.25) is 0 Å². The summed E-state index contributed by atoms with van der Waals surface area (Å²) in [6, 6.07) is 10.2. The number of methoxy groups -OCH3 is 1. The van der Waals surface area contributed by atoms with E-state index in [9.17, 15) is 8.78 Å². The minimum Gasteiger partial charge on any atom is -0.497 e. The van der Waals surface area contributed by atoms with Crippen molar-refractivity contribution in [3.8, 4) is 5.75 Å². The van der Waals surface area contributed by atoms with Crippen LogP contribution in [0.1, 0.15) is 11.1 Å². The predicted molar refractivity (Wildman–Crippen MR) is 74.5 cm³/mol. The molecule has 0 heterocycles. The standard InChI is InChI=1S/C15H12F2N2O/c1-20-14-7-4-12(15(17)8-14)10-19-18-9-11-2-5-13(16)6-3-11/h2-10H,1H3. The first-order valence-corrected chi connectivity index (χ1v) is 5.84. The smallest absolute Gasteiger partial charge is 0.135 e. The van der Waals surface area contributed by atoms with Gasteiger partial charge in [-0.15, -0.1) is 0 Å². The van der Waals surface area contributed by atoms with Gasteiger partial charge in [0.25, 0.3) is 0 Å². The molecule has 3 nitrogen and oxygen atoms in total. The minimum absolute atomic E-state index is 0.307. The normalized spacial score (nSPS) is 11.3. The van der Waals surface area contributed by atoms with Gasteiger partial charge in [-0.25, -0.2) is 8.78 Å². The first-order chi connectivity index (χ1) is 9.69. The van der Waals surface area contributed by atoms with E-state index in [4.69, 9.17) is 4.74 Å². The molecule has 2 aromatic carbocycles. The van der Waals surface area contributed by atoms with Crippen molar-refractivity contribution in [2.75, 3.05) is 7.11 Å². The lowest BCUT2D eigenvalue weighted by atomic mass is 10.2. The number of rotatable bonds is 4. The lowest BCUT2D eigenvalue weighted by Crippen LogP contribution is -1.90. The molecule has 0 aromatic heterocycles. The van der Waals surface area contributed by atoms with Crippen molar-refractivity contribution in [2.45, 2.75) is 0 Å². The summed E-state index contributed by atoms with van der Waals surface area (Å²) in [6.45, 7) is 0. The van der Waals surface area contributed by atoms with Crippen LogP contribution < -0.4 is 4.74 Å². The minimum atomic E-state index is -0.440. The van der Waals surface area contributed by atoms with Crippen LogP contribution in [0.4, 0.5) is 8.78 Å². The third-order valence-corrected chi connectivity index (χ3v) is 2.55. The lowest BCUT2D eigenvalue weighted by Gasteiger charge is -2.00. The van der Waals surface area contributed by atoms with Crippen molar-refractivity contribution < 1.29 is 13.5 Å². The molecule has 2 rings (SSSR count). The van der Waals surface area contributed by atoms with E-state index in [2.05, 4.69) is 10.2 Å². The fourth-order valence-corrected chi connectivity index (χ4v) is 1.48. The Morgan fingerprint density at radius 1 is 0.950 bits per heavy atom. The van der Waals surface area contributed by atoms with Crippen LogP contribution in [-0.2, 0) is 0 Å². The summed E-state index contributed by atoms with van der Waals surface area (Å²) >= 11 is 0. The van der Waals surface area contributed by atoms with Gasteiger partial charge in [0.1, 0.15) is 17.4 Å². The van der Waals surface area contributed by atoms with E-state index < -0.39 is 5.82 Å². The molecule has 0 N–H and O–H groups in total. The number of hydrogen-bond donors (Lipinski definition) is 0. The molecular weight excluding hydrogens is 262 g/mol. The molecule has 0 fully saturated rings. The molecule has 0 bridgehead atoms. The molecule has 102 valence electrons. The van der Waals surface area contributed by atoms with Gasteiger partial charge in [0.05, 0.1) is 19.5 Å². The Hall–Kier alpha value is -2.56. The fourth-order valence-electron chi connectivity index (χ4n) is 1.48. The summed E-state index contributed by atoms with van der Waals surface area (Å²) in [4.78, 5) is 0. The Morgan fingerprint density at radius 3 is 2.30 bits per heavy atom. The molecule has 0 spiro atoms. The quantitative estimate of drug-likeness (QED) is 0.621. The molecule has 2 aromatic rings. The summed E-state index contributed by atoms with van der Waals surface area (Å²) in [6.07, 6.45) is 2.76. The number of ether oxygens (including phenoxy) is 1. The number of nitrogens with zero attached hydrogens (tertiary/aromatic N) is 2. The van der Waals surface area contributed by atoms with Gasteiger partial charge in [-0.2, -0.15) is 10.2 Å². The first-order valence-electron chi connectivity index (χ1n) is 5.84. The van der Waals surface area contributed by atoms with Gasteiger partial charge in [0.15, 0.2) is 0 Å². The van der Waals surface area contributed by atoms with E-state index in [0.717, 1.165) is 0 Å². The second-order valence-electron chi connectivity index (χ2n) is 3.93. The van der Waals surface area contributed by atoms with Crippen LogP contribution in [0, 0.1) is 11.6 Å².